The summed E-state index contributed by atoms with van der Waals surface area (Å²) in [4.78, 5) is 14.3. The van der Waals surface area contributed by atoms with Crippen LogP contribution in [0.15, 0.2) is 18.2 Å². The number of nitrogens with zero attached hydrogens (tertiary/aromatic N) is 1. The molecule has 1 aliphatic heterocycles. The molecule has 1 fully saturated rings. The number of rotatable bonds is 4. The van der Waals surface area contributed by atoms with Gasteiger partial charge in [0.25, 0.3) is 5.91 Å². The maximum atomic E-state index is 13.3. The van der Waals surface area contributed by atoms with Gasteiger partial charge in [-0.05, 0) is 57.5 Å². The molecule has 110 valence electrons. The zero-order valence-electron chi connectivity index (χ0n) is 11.9. The molecular weight excluding hydrogens is 257 g/mol. The van der Waals surface area contributed by atoms with Crippen LogP contribution in [0.25, 0.3) is 0 Å². The number of hydrogen-bond donors (Lipinski definition) is 2. The van der Waals surface area contributed by atoms with Crippen LogP contribution in [0.5, 0.6) is 0 Å². The number of halogens is 1. The highest BCUT2D eigenvalue weighted by Gasteiger charge is 2.17. The fourth-order valence-corrected chi connectivity index (χ4v) is 2.57. The van der Waals surface area contributed by atoms with Crippen molar-refractivity contribution in [3.63, 3.8) is 0 Å². The van der Waals surface area contributed by atoms with Gasteiger partial charge in [0.15, 0.2) is 0 Å². The lowest BCUT2D eigenvalue weighted by Crippen LogP contribution is -2.33. The van der Waals surface area contributed by atoms with E-state index in [9.17, 15) is 9.18 Å². The van der Waals surface area contributed by atoms with E-state index in [1.54, 1.807) is 6.07 Å². The Balaban J connectivity index is 1.79. The molecule has 1 aromatic carbocycles. The van der Waals surface area contributed by atoms with Crippen LogP contribution >= 0.6 is 0 Å². The number of carbonyl (C=O) groups excluding carboxylic acids is 1. The topological polar surface area (TPSA) is 58.4 Å². The standard InChI is InChI=1S/C15H22FN3O/c1-19-9-6-11(7-10-19)5-8-18-15(20)12-3-2-4-13(16)14(12)17/h2-4,11H,5-10,17H2,1H3,(H,18,20). The van der Waals surface area contributed by atoms with E-state index in [0.29, 0.717) is 12.5 Å². The van der Waals surface area contributed by atoms with Gasteiger partial charge in [0.1, 0.15) is 5.82 Å². The minimum Gasteiger partial charge on any atom is -0.396 e. The summed E-state index contributed by atoms with van der Waals surface area (Å²) in [6.45, 7) is 2.86. The van der Waals surface area contributed by atoms with E-state index in [0.717, 1.165) is 19.5 Å². The van der Waals surface area contributed by atoms with Crippen molar-refractivity contribution in [2.75, 3.05) is 32.4 Å². The Morgan fingerprint density at radius 1 is 1.45 bits per heavy atom. The zero-order chi connectivity index (χ0) is 14.5. The molecule has 0 unspecified atom stereocenters. The van der Waals surface area contributed by atoms with Crippen molar-refractivity contribution in [3.8, 4) is 0 Å². The van der Waals surface area contributed by atoms with E-state index in [2.05, 4.69) is 17.3 Å². The molecule has 0 bridgehead atoms. The first-order chi connectivity index (χ1) is 9.58. The molecule has 2 rings (SSSR count). The number of nitrogen functional groups attached to an aromatic ring is 1. The van der Waals surface area contributed by atoms with Crippen LogP contribution in [0.3, 0.4) is 0 Å². The van der Waals surface area contributed by atoms with Crippen molar-refractivity contribution in [3.05, 3.63) is 29.6 Å². The lowest BCUT2D eigenvalue weighted by atomic mass is 9.94. The molecular formula is C15H22FN3O. The first-order valence-corrected chi connectivity index (χ1v) is 7.08. The number of carbonyl (C=O) groups is 1. The van der Waals surface area contributed by atoms with Gasteiger partial charge in [-0.3, -0.25) is 4.79 Å². The largest absolute Gasteiger partial charge is 0.396 e. The Bertz CT molecular complexity index is 470. The third-order valence-corrected chi connectivity index (χ3v) is 3.97. The van der Waals surface area contributed by atoms with Crippen molar-refractivity contribution in [2.24, 2.45) is 5.92 Å². The Morgan fingerprint density at radius 2 is 2.15 bits per heavy atom. The summed E-state index contributed by atoms with van der Waals surface area (Å²) in [6, 6.07) is 4.30. The summed E-state index contributed by atoms with van der Waals surface area (Å²) in [6.07, 6.45) is 3.32. The number of nitrogens with one attached hydrogen (secondary N) is 1. The molecule has 0 aromatic heterocycles. The SMILES string of the molecule is CN1CCC(CCNC(=O)c2cccc(F)c2N)CC1. The Morgan fingerprint density at radius 3 is 2.85 bits per heavy atom. The second-order valence-electron chi connectivity index (χ2n) is 5.49. The number of hydrogen-bond acceptors (Lipinski definition) is 3. The van der Waals surface area contributed by atoms with Gasteiger partial charge in [0.2, 0.25) is 0 Å². The minimum absolute atomic E-state index is 0.0794. The Hall–Kier alpha value is -1.62. The molecule has 1 saturated heterocycles. The van der Waals surface area contributed by atoms with Crippen molar-refractivity contribution in [2.45, 2.75) is 19.3 Å². The van der Waals surface area contributed by atoms with Gasteiger partial charge in [-0.25, -0.2) is 4.39 Å². The molecule has 1 heterocycles. The van der Waals surface area contributed by atoms with Gasteiger partial charge in [-0.15, -0.1) is 0 Å². The molecule has 0 spiro atoms. The van der Waals surface area contributed by atoms with Crippen molar-refractivity contribution >= 4 is 11.6 Å². The van der Waals surface area contributed by atoms with Gasteiger partial charge in [-0.1, -0.05) is 6.07 Å². The quantitative estimate of drug-likeness (QED) is 0.827. The van der Waals surface area contributed by atoms with Gasteiger partial charge < -0.3 is 16.0 Å². The van der Waals surface area contributed by atoms with E-state index in [1.807, 2.05) is 0 Å². The summed E-state index contributed by atoms with van der Waals surface area (Å²) < 4.78 is 13.3. The second kappa shape index (κ2) is 6.70. The third-order valence-electron chi connectivity index (χ3n) is 3.97. The maximum Gasteiger partial charge on any atom is 0.253 e. The van der Waals surface area contributed by atoms with Gasteiger partial charge in [-0.2, -0.15) is 0 Å². The predicted octanol–water partition coefficient (Wildman–Crippen LogP) is 1.87. The van der Waals surface area contributed by atoms with Crippen LogP contribution in [-0.4, -0.2) is 37.5 Å². The molecule has 0 radical (unpaired) electrons. The van der Waals surface area contributed by atoms with E-state index in [4.69, 9.17) is 5.73 Å². The molecule has 3 N–H and O–H groups in total. The van der Waals surface area contributed by atoms with E-state index in [-0.39, 0.29) is 17.2 Å². The molecule has 1 aliphatic rings. The number of amides is 1. The first kappa shape index (κ1) is 14.8. The number of benzene rings is 1. The monoisotopic (exact) mass is 279 g/mol. The van der Waals surface area contributed by atoms with Crippen molar-refractivity contribution in [1.29, 1.82) is 0 Å². The van der Waals surface area contributed by atoms with Crippen LogP contribution in [0.4, 0.5) is 10.1 Å². The van der Waals surface area contributed by atoms with E-state index >= 15 is 0 Å². The highest BCUT2D eigenvalue weighted by atomic mass is 19.1. The normalized spacial score (nSPS) is 17.1. The fourth-order valence-electron chi connectivity index (χ4n) is 2.57. The molecule has 5 heteroatoms. The molecule has 4 nitrogen and oxygen atoms in total. The average Bonchev–Trinajstić information content (AvgIpc) is 2.44. The number of nitrogens with two attached hydrogens (primary N) is 1. The van der Waals surface area contributed by atoms with Gasteiger partial charge in [0, 0.05) is 6.54 Å². The molecule has 20 heavy (non-hydrogen) atoms. The van der Waals surface area contributed by atoms with E-state index in [1.165, 1.54) is 25.0 Å². The van der Waals surface area contributed by atoms with Crippen molar-refractivity contribution < 1.29 is 9.18 Å². The lowest BCUT2D eigenvalue weighted by Gasteiger charge is -2.28. The number of piperidine rings is 1. The summed E-state index contributed by atoms with van der Waals surface area (Å²) >= 11 is 0. The molecule has 1 aromatic rings. The van der Waals surface area contributed by atoms with Crippen molar-refractivity contribution in [1.82, 2.24) is 10.2 Å². The second-order valence-corrected chi connectivity index (χ2v) is 5.49. The van der Waals surface area contributed by atoms with Crippen LogP contribution in [0.2, 0.25) is 0 Å². The van der Waals surface area contributed by atoms with Gasteiger partial charge >= 0.3 is 0 Å². The highest BCUT2D eigenvalue weighted by molar-refractivity contribution is 5.99. The summed E-state index contributed by atoms with van der Waals surface area (Å²) in [5.74, 6) is -0.181. The highest BCUT2D eigenvalue weighted by Crippen LogP contribution is 2.19. The van der Waals surface area contributed by atoms with Crippen LogP contribution in [0.1, 0.15) is 29.6 Å². The van der Waals surface area contributed by atoms with Crippen LogP contribution < -0.4 is 11.1 Å². The Kier molecular flexibility index (Phi) is 4.95. The smallest absolute Gasteiger partial charge is 0.253 e. The fraction of sp³-hybridized carbons (Fsp3) is 0.533. The molecule has 0 aliphatic carbocycles. The van der Waals surface area contributed by atoms with Crippen LogP contribution in [-0.2, 0) is 0 Å². The summed E-state index contributed by atoms with van der Waals surface area (Å²) in [5.41, 5.74) is 5.71. The number of likely N-dealkylation sites (tertiary alicyclic amines) is 1. The first-order valence-electron chi connectivity index (χ1n) is 7.08. The predicted molar refractivity (Wildman–Crippen MR) is 78.0 cm³/mol. The lowest BCUT2D eigenvalue weighted by molar-refractivity contribution is 0.0949. The number of para-hydroxylation sites is 1. The average molecular weight is 279 g/mol. The minimum atomic E-state index is -0.548. The zero-order valence-corrected chi connectivity index (χ0v) is 11.9. The third kappa shape index (κ3) is 3.70. The van der Waals surface area contributed by atoms with Gasteiger partial charge in [0.05, 0.1) is 11.3 Å². The summed E-state index contributed by atoms with van der Waals surface area (Å²) in [5, 5.41) is 2.83. The Labute approximate surface area is 119 Å². The summed E-state index contributed by atoms with van der Waals surface area (Å²) in [7, 11) is 2.13. The molecule has 1 amide bonds. The van der Waals surface area contributed by atoms with Crippen LogP contribution in [0, 0.1) is 11.7 Å². The maximum absolute atomic E-state index is 13.3. The van der Waals surface area contributed by atoms with E-state index < -0.39 is 5.82 Å². The molecule has 0 atom stereocenters. The molecule has 0 saturated carbocycles. The number of anilines is 1.